The van der Waals surface area contributed by atoms with Crippen LogP contribution >= 0.6 is 23.4 Å². The van der Waals surface area contributed by atoms with Gasteiger partial charge in [-0.3, -0.25) is 14.5 Å². The molecule has 2 rings (SSSR count). The van der Waals surface area contributed by atoms with Gasteiger partial charge in [-0.2, -0.15) is 0 Å². The van der Waals surface area contributed by atoms with Gasteiger partial charge in [0.1, 0.15) is 6.61 Å². The average Bonchev–Trinajstić information content (AvgIpc) is 2.81. The first-order valence-corrected chi connectivity index (χ1v) is 8.01. The molecule has 0 aromatic heterocycles. The van der Waals surface area contributed by atoms with Gasteiger partial charge in [0, 0.05) is 0 Å². The Bertz CT molecular complexity index is 767. The summed E-state index contributed by atoms with van der Waals surface area (Å²) in [6.07, 6.45) is 8.32. The molecular weight excluding hydrogens is 350 g/mol. The zero-order valence-corrected chi connectivity index (χ0v) is 14.4. The second kappa shape index (κ2) is 7.95. The van der Waals surface area contributed by atoms with Crippen LogP contribution in [0.3, 0.4) is 0 Å². The van der Waals surface area contributed by atoms with E-state index in [2.05, 4.69) is 12.5 Å². The summed E-state index contributed by atoms with van der Waals surface area (Å²) in [7, 11) is 1.48. The summed E-state index contributed by atoms with van der Waals surface area (Å²) in [5.41, 5.74) is 0.606. The number of amides is 2. The highest BCUT2D eigenvalue weighted by atomic mass is 35.5. The van der Waals surface area contributed by atoms with Gasteiger partial charge in [0.2, 0.25) is 0 Å². The minimum absolute atomic E-state index is 0.0551. The third-order valence-corrected chi connectivity index (χ3v) is 4.21. The van der Waals surface area contributed by atoms with E-state index in [1.807, 2.05) is 0 Å². The van der Waals surface area contributed by atoms with E-state index in [1.54, 1.807) is 24.3 Å². The highest BCUT2D eigenvalue weighted by Gasteiger charge is 2.34. The van der Waals surface area contributed by atoms with E-state index in [-0.39, 0.29) is 18.1 Å². The summed E-state index contributed by atoms with van der Waals surface area (Å²) >= 11 is 7.04. The van der Waals surface area contributed by atoms with Crippen LogP contribution < -0.4 is 9.47 Å². The summed E-state index contributed by atoms with van der Waals surface area (Å²) < 4.78 is 10.7. The molecule has 2 amide bonds. The number of nitrogens with zero attached hydrogens (tertiary/aromatic N) is 1. The van der Waals surface area contributed by atoms with E-state index in [1.165, 1.54) is 7.11 Å². The number of hydrogen-bond donors (Lipinski definition) is 0. The van der Waals surface area contributed by atoms with Crippen molar-refractivity contribution in [1.82, 2.24) is 4.90 Å². The Morgan fingerprint density at radius 2 is 2.21 bits per heavy atom. The van der Waals surface area contributed by atoms with Crippen LogP contribution in [0.2, 0.25) is 5.02 Å². The second-order valence-corrected chi connectivity index (χ2v) is 6.01. The van der Waals surface area contributed by atoms with E-state index in [0.717, 1.165) is 16.7 Å². The predicted molar refractivity (Wildman–Crippen MR) is 95.2 cm³/mol. The number of thioether (sulfide) groups is 1. The molecule has 0 saturated carbocycles. The maximum Gasteiger partial charge on any atom is 0.294 e. The molecule has 1 aromatic carbocycles. The van der Waals surface area contributed by atoms with Gasteiger partial charge in [-0.25, -0.2) is 0 Å². The molecule has 0 atom stereocenters. The fraction of sp³-hybridized carbons (Fsp3) is 0.176. The lowest BCUT2D eigenvalue weighted by molar-refractivity contribution is -0.122. The molecule has 0 N–H and O–H groups in total. The maximum atomic E-state index is 12.2. The van der Waals surface area contributed by atoms with E-state index >= 15 is 0 Å². The van der Waals surface area contributed by atoms with Crippen LogP contribution in [0, 0.1) is 12.3 Å². The minimum atomic E-state index is -0.426. The predicted octanol–water partition coefficient (Wildman–Crippen LogP) is 3.58. The van der Waals surface area contributed by atoms with Crippen LogP contribution in [0.5, 0.6) is 11.5 Å². The zero-order valence-electron chi connectivity index (χ0n) is 12.9. The fourth-order valence-electron chi connectivity index (χ4n) is 1.98. The van der Waals surface area contributed by atoms with E-state index in [9.17, 15) is 9.59 Å². The molecule has 124 valence electrons. The minimum Gasteiger partial charge on any atom is -0.493 e. The quantitative estimate of drug-likeness (QED) is 0.439. The largest absolute Gasteiger partial charge is 0.493 e. The monoisotopic (exact) mass is 363 g/mol. The van der Waals surface area contributed by atoms with E-state index < -0.39 is 11.1 Å². The number of imide groups is 1. The number of carbonyl (C=O) groups is 2. The Kier molecular flexibility index (Phi) is 5.96. The molecule has 1 aromatic rings. The Hall–Kier alpha value is -2.36. The number of carbonyl (C=O) groups excluding carboxylic acids is 2. The highest BCUT2D eigenvalue weighted by molar-refractivity contribution is 8.18. The summed E-state index contributed by atoms with van der Waals surface area (Å²) in [4.78, 5) is 25.2. The third kappa shape index (κ3) is 3.75. The van der Waals surface area contributed by atoms with Crippen molar-refractivity contribution in [2.75, 3.05) is 20.3 Å². The summed E-state index contributed by atoms with van der Waals surface area (Å²) in [5.74, 6) is 2.66. The molecule has 7 heteroatoms. The topological polar surface area (TPSA) is 55.8 Å². The average molecular weight is 364 g/mol. The summed E-state index contributed by atoms with van der Waals surface area (Å²) in [6, 6.07) is 3.29. The van der Waals surface area contributed by atoms with Crippen LogP contribution in [-0.4, -0.2) is 36.3 Å². The van der Waals surface area contributed by atoms with Crippen LogP contribution in [0.1, 0.15) is 5.56 Å². The molecule has 1 saturated heterocycles. The van der Waals surface area contributed by atoms with Crippen molar-refractivity contribution >= 4 is 40.6 Å². The van der Waals surface area contributed by atoms with Crippen molar-refractivity contribution in [1.29, 1.82) is 0 Å². The molecule has 24 heavy (non-hydrogen) atoms. The second-order valence-electron chi connectivity index (χ2n) is 4.61. The van der Waals surface area contributed by atoms with Crippen LogP contribution in [0.15, 0.2) is 29.7 Å². The lowest BCUT2D eigenvalue weighted by Gasteiger charge is -2.12. The zero-order chi connectivity index (χ0) is 17.7. The molecule has 0 unspecified atom stereocenters. The van der Waals surface area contributed by atoms with Crippen molar-refractivity contribution in [2.45, 2.75) is 0 Å². The molecule has 5 nitrogen and oxygen atoms in total. The number of methoxy groups -OCH3 is 1. The first-order valence-electron chi connectivity index (χ1n) is 6.81. The molecule has 0 bridgehead atoms. The number of ether oxygens (including phenoxy) is 2. The number of halogens is 1. The van der Waals surface area contributed by atoms with Crippen molar-refractivity contribution in [2.24, 2.45) is 0 Å². The van der Waals surface area contributed by atoms with Crippen molar-refractivity contribution in [3.8, 4) is 23.8 Å². The van der Waals surface area contributed by atoms with Gasteiger partial charge >= 0.3 is 0 Å². The molecule has 1 heterocycles. The van der Waals surface area contributed by atoms with Crippen molar-refractivity contribution in [3.05, 3.63) is 40.3 Å². The van der Waals surface area contributed by atoms with Crippen LogP contribution in [0.25, 0.3) is 6.08 Å². The Labute approximate surface area is 149 Å². The van der Waals surface area contributed by atoms with Gasteiger partial charge in [0.25, 0.3) is 11.1 Å². The van der Waals surface area contributed by atoms with Crippen LogP contribution in [0.4, 0.5) is 4.79 Å². The van der Waals surface area contributed by atoms with Gasteiger partial charge in [-0.1, -0.05) is 30.2 Å². The lowest BCUT2D eigenvalue weighted by atomic mass is 10.1. The van der Waals surface area contributed by atoms with Gasteiger partial charge in [0.05, 0.1) is 23.6 Å². The third-order valence-electron chi connectivity index (χ3n) is 3.02. The molecule has 1 aliphatic rings. The van der Waals surface area contributed by atoms with E-state index in [4.69, 9.17) is 27.5 Å². The van der Waals surface area contributed by atoms with Gasteiger partial charge in [0.15, 0.2) is 11.5 Å². The molecule has 0 radical (unpaired) electrons. The van der Waals surface area contributed by atoms with Crippen molar-refractivity contribution in [3.63, 3.8) is 0 Å². The number of rotatable bonds is 6. The van der Waals surface area contributed by atoms with E-state index in [0.29, 0.717) is 22.1 Å². The van der Waals surface area contributed by atoms with Gasteiger partial charge in [-0.05, 0) is 35.5 Å². The van der Waals surface area contributed by atoms with Crippen molar-refractivity contribution < 1.29 is 19.1 Å². The Balaban J connectivity index is 2.35. The number of benzene rings is 1. The van der Waals surface area contributed by atoms with Crippen LogP contribution in [-0.2, 0) is 4.79 Å². The molecular formula is C17H14ClNO4S. The fourth-order valence-corrected chi connectivity index (χ4v) is 3.10. The Morgan fingerprint density at radius 1 is 1.46 bits per heavy atom. The molecule has 1 fully saturated rings. The normalized spacial score (nSPS) is 15.5. The molecule has 1 aliphatic heterocycles. The first kappa shape index (κ1) is 18.0. The molecule has 0 spiro atoms. The maximum absolute atomic E-state index is 12.2. The number of terminal acetylenes is 1. The highest BCUT2D eigenvalue weighted by Crippen LogP contribution is 2.38. The summed E-state index contributed by atoms with van der Waals surface area (Å²) in [6.45, 7) is 3.80. The standard InChI is InChI=1S/C17H14ClNO4S/c1-4-6-19-16(20)14(24-17(19)21)10-11-8-12(18)15(23-7-5-2)13(9-11)22-3/h1,5,8-10H,2,6-7H2,3H3. The van der Waals surface area contributed by atoms with Gasteiger partial charge < -0.3 is 9.47 Å². The number of hydrogen-bond acceptors (Lipinski definition) is 5. The first-order chi connectivity index (χ1) is 11.5. The molecule has 0 aliphatic carbocycles. The smallest absolute Gasteiger partial charge is 0.294 e. The SMILES string of the molecule is C#CCN1C(=O)SC(=Cc2cc(Cl)c(OCC=C)c(OC)c2)C1=O. The summed E-state index contributed by atoms with van der Waals surface area (Å²) in [5, 5.41) is -0.0708. The van der Waals surface area contributed by atoms with Gasteiger partial charge in [-0.15, -0.1) is 6.42 Å². The Morgan fingerprint density at radius 3 is 2.83 bits per heavy atom. The lowest BCUT2D eigenvalue weighted by Crippen LogP contribution is -2.28.